The van der Waals surface area contributed by atoms with Crippen molar-refractivity contribution in [1.82, 2.24) is 5.32 Å². The number of benzene rings is 1. The molecule has 6 nitrogen and oxygen atoms in total. The van der Waals surface area contributed by atoms with Gasteiger partial charge in [0.05, 0.1) is 15.1 Å². The SMILES string of the molecule is Cl.O=[N+]([O-])c1cc(S(=O)(=O)C2CCCNC2)ccc1Cl. The second kappa shape index (κ2) is 6.71. The number of nitrogens with one attached hydrogen (secondary N) is 1. The Labute approximate surface area is 128 Å². The van der Waals surface area contributed by atoms with Gasteiger partial charge >= 0.3 is 0 Å². The van der Waals surface area contributed by atoms with Crippen molar-refractivity contribution in [3.8, 4) is 0 Å². The van der Waals surface area contributed by atoms with E-state index >= 15 is 0 Å². The minimum Gasteiger partial charge on any atom is -0.315 e. The molecule has 1 fully saturated rings. The fraction of sp³-hybridized carbons (Fsp3) is 0.455. The molecule has 0 amide bonds. The molecule has 1 aliphatic rings. The molecular formula is C11H14Cl2N2O4S. The van der Waals surface area contributed by atoms with Gasteiger partial charge in [-0.3, -0.25) is 10.1 Å². The minimum atomic E-state index is -3.56. The van der Waals surface area contributed by atoms with Crippen LogP contribution in [-0.2, 0) is 9.84 Å². The smallest absolute Gasteiger partial charge is 0.289 e. The molecule has 0 radical (unpaired) electrons. The number of sulfone groups is 1. The maximum atomic E-state index is 12.4. The highest BCUT2D eigenvalue weighted by Gasteiger charge is 2.30. The van der Waals surface area contributed by atoms with Crippen LogP contribution in [0.15, 0.2) is 23.1 Å². The molecular weight excluding hydrogens is 327 g/mol. The lowest BCUT2D eigenvalue weighted by molar-refractivity contribution is -0.384. The van der Waals surface area contributed by atoms with Crippen LogP contribution in [0.3, 0.4) is 0 Å². The van der Waals surface area contributed by atoms with E-state index in [-0.39, 0.29) is 28.0 Å². The lowest BCUT2D eigenvalue weighted by Crippen LogP contribution is -2.38. The maximum Gasteiger partial charge on any atom is 0.289 e. The molecule has 2 rings (SSSR count). The molecule has 1 aromatic carbocycles. The number of halogens is 2. The first-order valence-electron chi connectivity index (χ1n) is 5.81. The van der Waals surface area contributed by atoms with Crippen molar-refractivity contribution < 1.29 is 13.3 Å². The molecule has 1 N–H and O–H groups in total. The van der Waals surface area contributed by atoms with E-state index in [1.807, 2.05) is 0 Å². The van der Waals surface area contributed by atoms with Gasteiger partial charge in [-0.15, -0.1) is 12.4 Å². The zero-order valence-corrected chi connectivity index (χ0v) is 12.8. The van der Waals surface area contributed by atoms with Crippen molar-refractivity contribution >= 4 is 39.5 Å². The van der Waals surface area contributed by atoms with Gasteiger partial charge in [0.2, 0.25) is 0 Å². The fourth-order valence-corrected chi connectivity index (χ4v) is 4.01. The molecule has 0 saturated carbocycles. The van der Waals surface area contributed by atoms with Crippen LogP contribution in [-0.4, -0.2) is 31.7 Å². The predicted molar refractivity (Wildman–Crippen MR) is 78.4 cm³/mol. The number of nitrogens with zero attached hydrogens (tertiary/aromatic N) is 1. The second-order valence-electron chi connectivity index (χ2n) is 4.38. The highest BCUT2D eigenvalue weighted by Crippen LogP contribution is 2.29. The van der Waals surface area contributed by atoms with Gasteiger partial charge in [0.15, 0.2) is 9.84 Å². The molecule has 112 valence electrons. The van der Waals surface area contributed by atoms with Gasteiger partial charge < -0.3 is 5.32 Å². The summed E-state index contributed by atoms with van der Waals surface area (Å²) in [5, 5.41) is 13.2. The Kier molecular flexibility index (Phi) is 5.76. The zero-order valence-electron chi connectivity index (χ0n) is 10.4. The van der Waals surface area contributed by atoms with E-state index < -0.39 is 20.0 Å². The van der Waals surface area contributed by atoms with Crippen LogP contribution in [0.5, 0.6) is 0 Å². The van der Waals surface area contributed by atoms with Gasteiger partial charge in [-0.1, -0.05) is 11.6 Å². The monoisotopic (exact) mass is 340 g/mol. The second-order valence-corrected chi connectivity index (χ2v) is 7.02. The Balaban J connectivity index is 0.00000200. The van der Waals surface area contributed by atoms with Gasteiger partial charge in [-0.2, -0.15) is 0 Å². The van der Waals surface area contributed by atoms with Crippen LogP contribution in [0.4, 0.5) is 5.69 Å². The number of hydrogen-bond donors (Lipinski definition) is 1. The number of hydrogen-bond acceptors (Lipinski definition) is 5. The van der Waals surface area contributed by atoms with Crippen LogP contribution >= 0.6 is 24.0 Å². The lowest BCUT2D eigenvalue weighted by atomic mass is 10.2. The van der Waals surface area contributed by atoms with Crippen molar-refractivity contribution in [2.45, 2.75) is 23.0 Å². The summed E-state index contributed by atoms with van der Waals surface area (Å²) in [5.74, 6) is 0. The average Bonchev–Trinajstić information content (AvgIpc) is 2.39. The number of nitro benzene ring substituents is 1. The Hall–Kier alpha value is -0.890. The highest BCUT2D eigenvalue weighted by molar-refractivity contribution is 7.92. The van der Waals surface area contributed by atoms with Crippen molar-refractivity contribution in [2.75, 3.05) is 13.1 Å². The summed E-state index contributed by atoms with van der Waals surface area (Å²) >= 11 is 5.68. The molecule has 9 heteroatoms. The van der Waals surface area contributed by atoms with Crippen molar-refractivity contribution in [1.29, 1.82) is 0 Å². The largest absolute Gasteiger partial charge is 0.315 e. The van der Waals surface area contributed by atoms with Gasteiger partial charge in [0.1, 0.15) is 5.02 Å². The maximum absolute atomic E-state index is 12.4. The fourth-order valence-electron chi connectivity index (χ4n) is 2.09. The van der Waals surface area contributed by atoms with Crippen LogP contribution < -0.4 is 5.32 Å². The van der Waals surface area contributed by atoms with E-state index in [0.29, 0.717) is 13.0 Å². The third-order valence-electron chi connectivity index (χ3n) is 3.13. The predicted octanol–water partition coefficient (Wildman–Crippen LogP) is 2.20. The zero-order chi connectivity index (χ0) is 14.0. The first kappa shape index (κ1) is 17.2. The molecule has 1 saturated heterocycles. The van der Waals surface area contributed by atoms with E-state index in [1.165, 1.54) is 12.1 Å². The van der Waals surface area contributed by atoms with Gasteiger partial charge in [-0.25, -0.2) is 8.42 Å². The van der Waals surface area contributed by atoms with E-state index in [1.54, 1.807) is 0 Å². The summed E-state index contributed by atoms with van der Waals surface area (Å²) in [6, 6.07) is 3.61. The van der Waals surface area contributed by atoms with Gasteiger partial charge in [-0.05, 0) is 31.5 Å². The van der Waals surface area contributed by atoms with Crippen molar-refractivity contribution in [3.63, 3.8) is 0 Å². The van der Waals surface area contributed by atoms with Crippen molar-refractivity contribution in [3.05, 3.63) is 33.3 Å². The number of rotatable bonds is 3. The average molecular weight is 341 g/mol. The third-order valence-corrected chi connectivity index (χ3v) is 5.64. The summed E-state index contributed by atoms with van der Waals surface area (Å²) in [4.78, 5) is 10.1. The number of piperidine rings is 1. The highest BCUT2D eigenvalue weighted by atomic mass is 35.5. The summed E-state index contributed by atoms with van der Waals surface area (Å²) in [6.07, 6.45) is 1.34. The molecule has 1 aliphatic heterocycles. The van der Waals surface area contributed by atoms with Gasteiger partial charge in [0, 0.05) is 12.6 Å². The molecule has 1 heterocycles. The molecule has 1 aromatic rings. The molecule has 0 aromatic heterocycles. The van der Waals surface area contributed by atoms with Crippen molar-refractivity contribution in [2.24, 2.45) is 0 Å². The van der Waals surface area contributed by atoms with E-state index in [2.05, 4.69) is 5.32 Å². The third kappa shape index (κ3) is 3.41. The normalized spacial score (nSPS) is 19.1. The Bertz CT molecular complexity index is 600. The van der Waals surface area contributed by atoms with E-state index in [9.17, 15) is 18.5 Å². The Morgan fingerprint density at radius 1 is 1.40 bits per heavy atom. The van der Waals surface area contributed by atoms with Crippen LogP contribution in [0.2, 0.25) is 5.02 Å². The van der Waals surface area contributed by atoms with E-state index in [0.717, 1.165) is 19.0 Å². The topological polar surface area (TPSA) is 89.3 Å². The summed E-state index contributed by atoms with van der Waals surface area (Å²) in [7, 11) is -3.56. The van der Waals surface area contributed by atoms with Crippen LogP contribution in [0, 0.1) is 10.1 Å². The first-order chi connectivity index (χ1) is 8.93. The minimum absolute atomic E-state index is 0. The Morgan fingerprint density at radius 2 is 2.10 bits per heavy atom. The summed E-state index contributed by atoms with van der Waals surface area (Å²) in [5.41, 5.74) is -0.383. The summed E-state index contributed by atoms with van der Waals surface area (Å²) < 4.78 is 24.7. The molecule has 0 bridgehead atoms. The molecule has 0 aliphatic carbocycles. The molecule has 1 atom stereocenters. The molecule has 1 unspecified atom stereocenters. The Morgan fingerprint density at radius 3 is 2.65 bits per heavy atom. The molecule has 0 spiro atoms. The first-order valence-corrected chi connectivity index (χ1v) is 7.74. The molecule has 20 heavy (non-hydrogen) atoms. The standard InChI is InChI=1S/C11H13ClN2O4S.ClH/c12-10-4-3-8(6-11(10)14(15)16)19(17,18)9-2-1-5-13-7-9;/h3-4,6,9,13H,1-2,5,7H2;1H. The van der Waals surface area contributed by atoms with Crippen LogP contribution in [0.1, 0.15) is 12.8 Å². The number of nitro groups is 1. The van der Waals surface area contributed by atoms with Gasteiger partial charge in [0.25, 0.3) is 5.69 Å². The van der Waals surface area contributed by atoms with Crippen LogP contribution in [0.25, 0.3) is 0 Å². The summed E-state index contributed by atoms with van der Waals surface area (Å²) in [6.45, 7) is 1.17. The lowest BCUT2D eigenvalue weighted by Gasteiger charge is -2.22. The quantitative estimate of drug-likeness (QED) is 0.672. The van der Waals surface area contributed by atoms with E-state index in [4.69, 9.17) is 11.6 Å².